The lowest BCUT2D eigenvalue weighted by atomic mass is 10.1. The first-order valence-corrected chi connectivity index (χ1v) is 8.35. The van der Waals surface area contributed by atoms with E-state index in [1.165, 1.54) is 5.56 Å². The maximum atomic E-state index is 6.42. The van der Waals surface area contributed by atoms with Gasteiger partial charge in [0.25, 0.3) is 0 Å². The van der Waals surface area contributed by atoms with Crippen molar-refractivity contribution in [2.24, 2.45) is 0 Å². The fourth-order valence-electron chi connectivity index (χ4n) is 2.32. The van der Waals surface area contributed by atoms with Crippen LogP contribution in [-0.4, -0.2) is 11.5 Å². The summed E-state index contributed by atoms with van der Waals surface area (Å²) in [6, 6.07) is 10.7. The minimum absolute atomic E-state index is 0.265. The second-order valence-electron chi connectivity index (χ2n) is 5.19. The van der Waals surface area contributed by atoms with Crippen LogP contribution in [0.5, 0.6) is 0 Å². The molecule has 1 atom stereocenters. The van der Waals surface area contributed by atoms with E-state index in [1.807, 2.05) is 13.0 Å². The molecule has 2 nitrogen and oxygen atoms in total. The number of hydrogen-bond acceptors (Lipinski definition) is 3. The highest BCUT2D eigenvalue weighted by Crippen LogP contribution is 2.32. The standard InChI is InChI=1S/C17H21ClN2S/c1-5-19-13(4)15-7-6-14(10-16(15)18)21-17-9-11(2)8-12(3)20-17/h6-10,13,19H,5H2,1-4H3. The topological polar surface area (TPSA) is 24.9 Å². The number of rotatable bonds is 5. The van der Waals surface area contributed by atoms with Gasteiger partial charge in [-0.25, -0.2) is 4.98 Å². The van der Waals surface area contributed by atoms with E-state index < -0.39 is 0 Å². The van der Waals surface area contributed by atoms with Crippen molar-refractivity contribution in [3.8, 4) is 0 Å². The van der Waals surface area contributed by atoms with E-state index in [0.29, 0.717) is 0 Å². The number of nitrogens with one attached hydrogen (secondary N) is 1. The van der Waals surface area contributed by atoms with Crippen molar-refractivity contribution in [1.29, 1.82) is 0 Å². The molecule has 1 unspecified atom stereocenters. The maximum absolute atomic E-state index is 6.42. The fourth-order valence-corrected chi connectivity index (χ4v) is 3.71. The molecule has 1 N–H and O–H groups in total. The Morgan fingerprint density at radius 2 is 2.00 bits per heavy atom. The van der Waals surface area contributed by atoms with Crippen molar-refractivity contribution in [1.82, 2.24) is 10.3 Å². The van der Waals surface area contributed by atoms with E-state index in [2.05, 4.69) is 55.3 Å². The molecule has 4 heteroatoms. The molecule has 0 fully saturated rings. The molecule has 2 rings (SSSR count). The highest BCUT2D eigenvalue weighted by atomic mass is 35.5. The van der Waals surface area contributed by atoms with Crippen molar-refractivity contribution in [3.63, 3.8) is 0 Å². The van der Waals surface area contributed by atoms with Crippen LogP contribution in [0.3, 0.4) is 0 Å². The number of aryl methyl sites for hydroxylation is 2. The number of nitrogens with zero attached hydrogens (tertiary/aromatic N) is 1. The Morgan fingerprint density at radius 1 is 1.24 bits per heavy atom. The fraction of sp³-hybridized carbons (Fsp3) is 0.353. The zero-order valence-electron chi connectivity index (χ0n) is 12.9. The lowest BCUT2D eigenvalue weighted by Crippen LogP contribution is -2.17. The highest BCUT2D eigenvalue weighted by molar-refractivity contribution is 7.99. The van der Waals surface area contributed by atoms with Gasteiger partial charge in [-0.1, -0.05) is 36.4 Å². The molecule has 1 aromatic heterocycles. The predicted molar refractivity (Wildman–Crippen MR) is 91.4 cm³/mol. The molecule has 112 valence electrons. The first-order chi connectivity index (χ1) is 9.99. The molecule has 0 aliphatic rings. The molecule has 0 aliphatic heterocycles. The third-order valence-corrected chi connectivity index (χ3v) is 4.48. The number of halogens is 1. The quantitative estimate of drug-likeness (QED) is 0.822. The van der Waals surface area contributed by atoms with Crippen molar-refractivity contribution in [3.05, 3.63) is 52.2 Å². The van der Waals surface area contributed by atoms with Gasteiger partial charge >= 0.3 is 0 Å². The number of aromatic nitrogens is 1. The molecule has 0 saturated heterocycles. The Labute approximate surface area is 136 Å². The van der Waals surface area contributed by atoms with E-state index in [0.717, 1.165) is 32.7 Å². The van der Waals surface area contributed by atoms with E-state index >= 15 is 0 Å². The molecule has 21 heavy (non-hydrogen) atoms. The summed E-state index contributed by atoms with van der Waals surface area (Å²) in [4.78, 5) is 5.67. The van der Waals surface area contributed by atoms with Crippen LogP contribution in [-0.2, 0) is 0 Å². The maximum Gasteiger partial charge on any atom is 0.101 e. The average Bonchev–Trinajstić information content (AvgIpc) is 2.37. The Bertz CT molecular complexity index is 608. The summed E-state index contributed by atoms with van der Waals surface area (Å²) in [5.74, 6) is 0. The molecule has 0 radical (unpaired) electrons. The van der Waals surface area contributed by atoms with Gasteiger partial charge < -0.3 is 5.32 Å². The van der Waals surface area contributed by atoms with Crippen LogP contribution in [0.2, 0.25) is 5.02 Å². The van der Waals surface area contributed by atoms with Crippen LogP contribution in [0.25, 0.3) is 0 Å². The molecule has 0 saturated carbocycles. The molecule has 1 aromatic carbocycles. The Morgan fingerprint density at radius 3 is 2.62 bits per heavy atom. The van der Waals surface area contributed by atoms with E-state index in [-0.39, 0.29) is 6.04 Å². The van der Waals surface area contributed by atoms with Crippen LogP contribution in [0.15, 0.2) is 40.3 Å². The number of hydrogen-bond donors (Lipinski definition) is 1. The molecule has 2 aromatic rings. The Hall–Kier alpha value is -1.03. The van der Waals surface area contributed by atoms with Gasteiger partial charge in [0, 0.05) is 21.7 Å². The third-order valence-electron chi connectivity index (χ3n) is 3.25. The Balaban J connectivity index is 2.20. The van der Waals surface area contributed by atoms with Gasteiger partial charge in [0.05, 0.1) is 0 Å². The first-order valence-electron chi connectivity index (χ1n) is 7.15. The summed E-state index contributed by atoms with van der Waals surface area (Å²) in [5.41, 5.74) is 3.41. The molecular formula is C17H21ClN2S. The van der Waals surface area contributed by atoms with Crippen molar-refractivity contribution in [2.45, 2.75) is 43.7 Å². The van der Waals surface area contributed by atoms with Crippen LogP contribution in [0, 0.1) is 13.8 Å². The smallest absolute Gasteiger partial charge is 0.101 e. The summed E-state index contributed by atoms with van der Waals surface area (Å²) in [6.45, 7) is 9.27. The lowest BCUT2D eigenvalue weighted by molar-refractivity contribution is 0.598. The summed E-state index contributed by atoms with van der Waals surface area (Å²) in [5, 5.41) is 5.20. The zero-order chi connectivity index (χ0) is 15.4. The zero-order valence-corrected chi connectivity index (χ0v) is 14.5. The van der Waals surface area contributed by atoms with E-state index in [9.17, 15) is 0 Å². The lowest BCUT2D eigenvalue weighted by Gasteiger charge is -2.15. The SMILES string of the molecule is CCNC(C)c1ccc(Sc2cc(C)cc(C)n2)cc1Cl. The molecule has 0 spiro atoms. The molecule has 0 aliphatic carbocycles. The van der Waals surface area contributed by atoms with Crippen LogP contribution in [0.4, 0.5) is 0 Å². The van der Waals surface area contributed by atoms with E-state index in [1.54, 1.807) is 11.8 Å². The van der Waals surface area contributed by atoms with Crippen molar-refractivity contribution in [2.75, 3.05) is 6.54 Å². The van der Waals surface area contributed by atoms with Crippen LogP contribution >= 0.6 is 23.4 Å². The van der Waals surface area contributed by atoms with Gasteiger partial charge in [-0.3, -0.25) is 0 Å². The minimum Gasteiger partial charge on any atom is -0.310 e. The summed E-state index contributed by atoms with van der Waals surface area (Å²) in [7, 11) is 0. The van der Waals surface area contributed by atoms with Crippen LogP contribution < -0.4 is 5.32 Å². The van der Waals surface area contributed by atoms with Gasteiger partial charge in [-0.2, -0.15) is 0 Å². The number of pyridine rings is 1. The summed E-state index contributed by atoms with van der Waals surface area (Å²) < 4.78 is 0. The summed E-state index contributed by atoms with van der Waals surface area (Å²) in [6.07, 6.45) is 0. The van der Waals surface area contributed by atoms with Gasteiger partial charge in [0.15, 0.2) is 0 Å². The first kappa shape index (κ1) is 16.3. The van der Waals surface area contributed by atoms with Gasteiger partial charge in [-0.15, -0.1) is 0 Å². The largest absolute Gasteiger partial charge is 0.310 e. The van der Waals surface area contributed by atoms with Gasteiger partial charge in [0.2, 0.25) is 0 Å². The summed E-state index contributed by atoms with van der Waals surface area (Å²) >= 11 is 8.06. The second kappa shape index (κ2) is 7.30. The molecular weight excluding hydrogens is 300 g/mol. The van der Waals surface area contributed by atoms with Crippen molar-refractivity contribution < 1.29 is 0 Å². The second-order valence-corrected chi connectivity index (χ2v) is 6.69. The monoisotopic (exact) mass is 320 g/mol. The Kier molecular flexibility index (Phi) is 5.68. The predicted octanol–water partition coefficient (Wildman–Crippen LogP) is 5.17. The third kappa shape index (κ3) is 4.47. The highest BCUT2D eigenvalue weighted by Gasteiger charge is 2.10. The normalized spacial score (nSPS) is 12.4. The molecule has 1 heterocycles. The molecule has 0 bridgehead atoms. The van der Waals surface area contributed by atoms with Crippen molar-refractivity contribution >= 4 is 23.4 Å². The molecule has 0 amide bonds. The average molecular weight is 321 g/mol. The number of benzene rings is 1. The van der Waals surface area contributed by atoms with Gasteiger partial charge in [0.1, 0.15) is 5.03 Å². The van der Waals surface area contributed by atoms with E-state index in [4.69, 9.17) is 11.6 Å². The minimum atomic E-state index is 0.265. The van der Waals surface area contributed by atoms with Crippen LogP contribution in [0.1, 0.15) is 36.7 Å². The van der Waals surface area contributed by atoms with Gasteiger partial charge in [-0.05, 0) is 62.7 Å².